The number of carbonyl (C=O) groups is 1. The second kappa shape index (κ2) is 8.99. The molecule has 3 aromatic rings. The van der Waals surface area contributed by atoms with E-state index in [2.05, 4.69) is 19.2 Å². The van der Waals surface area contributed by atoms with Crippen LogP contribution in [0.1, 0.15) is 52.2 Å². The van der Waals surface area contributed by atoms with Crippen LogP contribution >= 0.6 is 11.3 Å². The maximum Gasteiger partial charge on any atom is 0.271 e. The molecule has 0 bridgehead atoms. The SMILES string of the molecule is CC(C)c1ccc(C(NC(=O)c2cc([N+](=O)[O-])cc(S(C)(=O)=O)c2)c2cccs2)cc1. The Morgan fingerprint density at radius 3 is 2.23 bits per heavy atom. The van der Waals surface area contributed by atoms with Crippen LogP contribution in [0.2, 0.25) is 0 Å². The van der Waals surface area contributed by atoms with Crippen molar-refractivity contribution < 1.29 is 18.1 Å². The van der Waals surface area contributed by atoms with Gasteiger partial charge in [0.1, 0.15) is 0 Å². The van der Waals surface area contributed by atoms with E-state index < -0.39 is 32.4 Å². The summed E-state index contributed by atoms with van der Waals surface area (Å²) in [6.45, 7) is 4.18. The van der Waals surface area contributed by atoms with Crippen molar-refractivity contribution in [3.05, 3.63) is 91.7 Å². The number of hydrogen-bond acceptors (Lipinski definition) is 6. The Morgan fingerprint density at radius 1 is 1.06 bits per heavy atom. The molecule has 0 spiro atoms. The Morgan fingerprint density at radius 2 is 1.71 bits per heavy atom. The third-order valence-electron chi connectivity index (χ3n) is 4.83. The largest absolute Gasteiger partial charge is 0.340 e. The molecule has 7 nitrogen and oxygen atoms in total. The number of nitrogens with zero attached hydrogens (tertiary/aromatic N) is 1. The average Bonchev–Trinajstić information content (AvgIpc) is 3.25. The van der Waals surface area contributed by atoms with Crippen molar-refractivity contribution >= 4 is 32.8 Å². The van der Waals surface area contributed by atoms with Crippen molar-refractivity contribution in [2.75, 3.05) is 6.26 Å². The van der Waals surface area contributed by atoms with Crippen molar-refractivity contribution in [3.8, 4) is 0 Å². The summed E-state index contributed by atoms with van der Waals surface area (Å²) in [7, 11) is -3.73. The number of nitro groups is 1. The fourth-order valence-electron chi connectivity index (χ4n) is 3.10. The predicted molar refractivity (Wildman–Crippen MR) is 120 cm³/mol. The molecule has 9 heteroatoms. The lowest BCUT2D eigenvalue weighted by Gasteiger charge is -2.19. The highest BCUT2D eigenvalue weighted by Crippen LogP contribution is 2.29. The standard InChI is InChI=1S/C22H22N2O5S2/c1-14(2)15-6-8-16(9-7-15)21(20-5-4-10-30-20)23-22(25)17-11-18(24(26)27)13-19(12-17)31(3,28)29/h4-14,21H,1-3H3,(H,23,25). The van der Waals surface area contributed by atoms with Crippen LogP contribution in [0.3, 0.4) is 0 Å². The first kappa shape index (κ1) is 22.6. The van der Waals surface area contributed by atoms with Gasteiger partial charge >= 0.3 is 0 Å². The summed E-state index contributed by atoms with van der Waals surface area (Å²) >= 11 is 1.47. The van der Waals surface area contributed by atoms with Crippen molar-refractivity contribution in [2.24, 2.45) is 0 Å². The van der Waals surface area contributed by atoms with Crippen LogP contribution in [0.15, 0.2) is 64.9 Å². The van der Waals surface area contributed by atoms with Gasteiger partial charge in [0.15, 0.2) is 9.84 Å². The second-order valence-electron chi connectivity index (χ2n) is 7.49. The lowest BCUT2D eigenvalue weighted by atomic mass is 9.98. The normalized spacial score (nSPS) is 12.5. The Hall–Kier alpha value is -3.04. The third-order valence-corrected chi connectivity index (χ3v) is 6.86. The molecule has 0 aliphatic rings. The lowest BCUT2D eigenvalue weighted by Crippen LogP contribution is -2.29. The zero-order valence-corrected chi connectivity index (χ0v) is 18.9. The van der Waals surface area contributed by atoms with Crippen molar-refractivity contribution in [1.29, 1.82) is 0 Å². The summed E-state index contributed by atoms with van der Waals surface area (Å²) in [5.41, 5.74) is 1.47. The minimum Gasteiger partial charge on any atom is -0.340 e. The molecule has 1 N–H and O–H groups in total. The monoisotopic (exact) mass is 458 g/mol. The fourth-order valence-corrected chi connectivity index (χ4v) is 4.57. The average molecular weight is 459 g/mol. The van der Waals surface area contributed by atoms with Gasteiger partial charge in [-0.15, -0.1) is 11.3 Å². The van der Waals surface area contributed by atoms with Crippen LogP contribution in [0.25, 0.3) is 0 Å². The van der Waals surface area contributed by atoms with E-state index >= 15 is 0 Å². The molecule has 0 aliphatic heterocycles. The van der Waals surface area contributed by atoms with Gasteiger partial charge in [-0.2, -0.15) is 0 Å². The molecular formula is C22H22N2O5S2. The molecule has 1 heterocycles. The smallest absolute Gasteiger partial charge is 0.271 e. The van der Waals surface area contributed by atoms with E-state index in [1.807, 2.05) is 41.8 Å². The molecule has 1 aromatic heterocycles. The molecule has 0 aliphatic carbocycles. The molecule has 162 valence electrons. The number of thiophene rings is 1. The van der Waals surface area contributed by atoms with E-state index in [1.54, 1.807) is 0 Å². The topological polar surface area (TPSA) is 106 Å². The molecule has 1 atom stereocenters. The van der Waals surface area contributed by atoms with Crippen LogP contribution in [0, 0.1) is 10.1 Å². The number of sulfone groups is 1. The van der Waals surface area contributed by atoms with E-state index in [4.69, 9.17) is 0 Å². The molecule has 0 radical (unpaired) electrons. The number of non-ortho nitro benzene ring substituents is 1. The Bertz CT molecular complexity index is 1200. The number of benzene rings is 2. The number of rotatable bonds is 7. The lowest BCUT2D eigenvalue weighted by molar-refractivity contribution is -0.385. The van der Waals surface area contributed by atoms with E-state index in [0.29, 0.717) is 5.92 Å². The van der Waals surface area contributed by atoms with E-state index in [-0.39, 0.29) is 10.5 Å². The van der Waals surface area contributed by atoms with Crippen LogP contribution in [0.4, 0.5) is 5.69 Å². The molecule has 1 unspecified atom stereocenters. The molecule has 0 fully saturated rings. The van der Waals surface area contributed by atoms with Crippen LogP contribution in [-0.2, 0) is 9.84 Å². The van der Waals surface area contributed by atoms with Gasteiger partial charge in [0.2, 0.25) is 0 Å². The molecule has 0 saturated heterocycles. The highest BCUT2D eigenvalue weighted by atomic mass is 32.2. The molecule has 31 heavy (non-hydrogen) atoms. The van der Waals surface area contributed by atoms with Gasteiger partial charge in [0.05, 0.1) is 15.9 Å². The second-order valence-corrected chi connectivity index (χ2v) is 10.5. The van der Waals surface area contributed by atoms with E-state index in [1.165, 1.54) is 11.3 Å². The van der Waals surface area contributed by atoms with Gasteiger partial charge in [-0.25, -0.2) is 8.42 Å². The van der Waals surface area contributed by atoms with E-state index in [9.17, 15) is 23.3 Å². The number of nitrogens with one attached hydrogen (secondary N) is 1. The predicted octanol–water partition coefficient (Wildman–Crippen LogP) is 4.70. The summed E-state index contributed by atoms with van der Waals surface area (Å²) in [4.78, 5) is 24.2. The molecule has 3 rings (SSSR count). The summed E-state index contributed by atoms with van der Waals surface area (Å²) in [6.07, 6.45) is 0.943. The van der Waals surface area contributed by atoms with Gasteiger partial charge < -0.3 is 5.32 Å². The quantitative estimate of drug-likeness (QED) is 0.408. The van der Waals surface area contributed by atoms with Crippen LogP contribution in [-0.4, -0.2) is 25.5 Å². The maximum absolute atomic E-state index is 13.0. The van der Waals surface area contributed by atoms with Crippen molar-refractivity contribution in [1.82, 2.24) is 5.32 Å². The van der Waals surface area contributed by atoms with Gasteiger partial charge in [0.25, 0.3) is 11.6 Å². The number of hydrogen-bond donors (Lipinski definition) is 1. The van der Waals surface area contributed by atoms with Crippen LogP contribution < -0.4 is 5.32 Å². The molecular weight excluding hydrogens is 436 g/mol. The zero-order valence-electron chi connectivity index (χ0n) is 17.2. The number of amides is 1. The third kappa shape index (κ3) is 5.36. The molecule has 0 saturated carbocycles. The first-order valence-electron chi connectivity index (χ1n) is 9.50. The Balaban J connectivity index is 2.00. The Labute approximate surface area is 184 Å². The highest BCUT2D eigenvalue weighted by Gasteiger charge is 2.23. The maximum atomic E-state index is 13.0. The highest BCUT2D eigenvalue weighted by molar-refractivity contribution is 7.90. The first-order valence-corrected chi connectivity index (χ1v) is 12.3. The summed E-state index contributed by atoms with van der Waals surface area (Å²) in [5, 5.41) is 16.0. The molecule has 2 aromatic carbocycles. The van der Waals surface area contributed by atoms with Crippen molar-refractivity contribution in [3.63, 3.8) is 0 Å². The number of carbonyl (C=O) groups excluding carboxylic acids is 1. The van der Waals surface area contributed by atoms with Gasteiger partial charge in [0, 0.05) is 28.8 Å². The number of nitro benzene ring substituents is 1. The van der Waals surface area contributed by atoms with Gasteiger partial charge in [-0.3, -0.25) is 14.9 Å². The summed E-state index contributed by atoms with van der Waals surface area (Å²) in [6, 6.07) is 14.4. The van der Waals surface area contributed by atoms with E-state index in [0.717, 1.165) is 40.5 Å². The van der Waals surface area contributed by atoms with Gasteiger partial charge in [-0.05, 0) is 34.6 Å². The van der Waals surface area contributed by atoms with Crippen LogP contribution in [0.5, 0.6) is 0 Å². The van der Waals surface area contributed by atoms with Gasteiger partial charge in [-0.1, -0.05) is 44.2 Å². The molecule has 1 amide bonds. The van der Waals surface area contributed by atoms with Crippen molar-refractivity contribution in [2.45, 2.75) is 30.7 Å². The first-order chi connectivity index (χ1) is 14.6. The zero-order chi connectivity index (χ0) is 22.8. The fraction of sp³-hybridized carbons (Fsp3) is 0.227. The summed E-state index contributed by atoms with van der Waals surface area (Å²) in [5.74, 6) is -0.233. The Kier molecular flexibility index (Phi) is 6.56. The summed E-state index contributed by atoms with van der Waals surface area (Å²) < 4.78 is 23.9. The minimum absolute atomic E-state index is 0.0880. The minimum atomic E-state index is -3.73.